The van der Waals surface area contributed by atoms with Crippen molar-refractivity contribution in [1.82, 2.24) is 10.2 Å². The number of hydrogen-bond donors (Lipinski definition) is 1. The maximum Gasteiger partial charge on any atom is 0.00923 e. The van der Waals surface area contributed by atoms with Crippen molar-refractivity contribution in [3.8, 4) is 0 Å². The standard InChI is InChI=1S/C19H38N2/c1-21(17-18-12-11-15-20-16-18)19-13-9-7-5-3-2-4-6-8-10-14-19/h18-20H,2-17H2,1H3. The highest BCUT2D eigenvalue weighted by Gasteiger charge is 2.20. The van der Waals surface area contributed by atoms with Crippen LogP contribution in [0.3, 0.4) is 0 Å². The highest BCUT2D eigenvalue weighted by Crippen LogP contribution is 2.21. The van der Waals surface area contributed by atoms with Crippen LogP contribution in [0.4, 0.5) is 0 Å². The van der Waals surface area contributed by atoms with Gasteiger partial charge in [-0.15, -0.1) is 0 Å². The first-order valence-corrected chi connectivity index (χ1v) is 9.77. The van der Waals surface area contributed by atoms with E-state index in [0.29, 0.717) is 0 Å². The molecule has 0 aromatic rings. The minimum atomic E-state index is 0.853. The molecule has 0 radical (unpaired) electrons. The first kappa shape index (κ1) is 17.3. The SMILES string of the molecule is CN(CC1CCCNC1)C1CCCCCCCCCCC1. The van der Waals surface area contributed by atoms with Gasteiger partial charge in [0.15, 0.2) is 0 Å². The summed E-state index contributed by atoms with van der Waals surface area (Å²) in [6.07, 6.45) is 18.9. The molecule has 0 amide bonds. The zero-order valence-electron chi connectivity index (χ0n) is 14.4. The molecule has 0 aromatic carbocycles. The predicted octanol–water partition coefficient (Wildman–Crippen LogP) is 4.59. The second kappa shape index (κ2) is 10.6. The van der Waals surface area contributed by atoms with Crippen molar-refractivity contribution in [2.45, 2.75) is 89.5 Å². The van der Waals surface area contributed by atoms with Crippen LogP contribution in [0.25, 0.3) is 0 Å². The van der Waals surface area contributed by atoms with Gasteiger partial charge in [-0.3, -0.25) is 0 Å². The summed E-state index contributed by atoms with van der Waals surface area (Å²) in [6.45, 7) is 3.80. The van der Waals surface area contributed by atoms with Crippen molar-refractivity contribution in [2.24, 2.45) is 5.92 Å². The third-order valence-corrected chi connectivity index (χ3v) is 5.64. The van der Waals surface area contributed by atoms with E-state index in [1.54, 1.807) is 0 Å². The zero-order chi connectivity index (χ0) is 14.8. The fourth-order valence-electron chi connectivity index (χ4n) is 4.22. The van der Waals surface area contributed by atoms with E-state index in [0.717, 1.165) is 12.0 Å². The number of hydrogen-bond acceptors (Lipinski definition) is 2. The van der Waals surface area contributed by atoms with Gasteiger partial charge in [0.25, 0.3) is 0 Å². The lowest BCUT2D eigenvalue weighted by atomic mass is 9.95. The summed E-state index contributed by atoms with van der Waals surface area (Å²) in [6, 6.07) is 0.853. The molecule has 1 heterocycles. The lowest BCUT2D eigenvalue weighted by Crippen LogP contribution is -2.41. The fraction of sp³-hybridized carbons (Fsp3) is 1.00. The van der Waals surface area contributed by atoms with E-state index in [-0.39, 0.29) is 0 Å². The zero-order valence-corrected chi connectivity index (χ0v) is 14.4. The Balaban J connectivity index is 1.75. The van der Waals surface area contributed by atoms with Crippen LogP contribution in [0.1, 0.15) is 83.5 Å². The van der Waals surface area contributed by atoms with E-state index in [9.17, 15) is 0 Å². The molecule has 1 atom stereocenters. The molecular weight excluding hydrogens is 256 g/mol. The van der Waals surface area contributed by atoms with Crippen LogP contribution in [0.15, 0.2) is 0 Å². The van der Waals surface area contributed by atoms with Crippen molar-refractivity contribution in [1.29, 1.82) is 0 Å². The number of piperidine rings is 1. The van der Waals surface area contributed by atoms with Gasteiger partial charge in [0, 0.05) is 12.6 Å². The smallest absolute Gasteiger partial charge is 0.00923 e. The summed E-state index contributed by atoms with van der Waals surface area (Å²) in [5.41, 5.74) is 0. The van der Waals surface area contributed by atoms with E-state index in [1.165, 1.54) is 103 Å². The van der Waals surface area contributed by atoms with Crippen LogP contribution in [0.2, 0.25) is 0 Å². The first-order chi connectivity index (χ1) is 10.4. The second-order valence-corrected chi connectivity index (χ2v) is 7.57. The molecule has 1 aliphatic carbocycles. The van der Waals surface area contributed by atoms with Crippen molar-refractivity contribution in [3.63, 3.8) is 0 Å². The largest absolute Gasteiger partial charge is 0.316 e. The van der Waals surface area contributed by atoms with Gasteiger partial charge < -0.3 is 10.2 Å². The molecule has 0 spiro atoms. The van der Waals surface area contributed by atoms with E-state index in [1.807, 2.05) is 0 Å². The molecule has 2 fully saturated rings. The molecule has 124 valence electrons. The van der Waals surface area contributed by atoms with Crippen LogP contribution >= 0.6 is 0 Å². The summed E-state index contributed by atoms with van der Waals surface area (Å²) in [5.74, 6) is 0.894. The normalized spacial score (nSPS) is 28.0. The number of nitrogens with zero attached hydrogens (tertiary/aromatic N) is 1. The molecule has 1 aliphatic heterocycles. The third kappa shape index (κ3) is 7.15. The van der Waals surface area contributed by atoms with Crippen molar-refractivity contribution in [2.75, 3.05) is 26.7 Å². The Hall–Kier alpha value is -0.0800. The summed E-state index contributed by atoms with van der Waals surface area (Å²) in [4.78, 5) is 2.71. The molecule has 2 nitrogen and oxygen atoms in total. The highest BCUT2D eigenvalue weighted by atomic mass is 15.1. The Morgan fingerprint density at radius 2 is 1.33 bits per heavy atom. The third-order valence-electron chi connectivity index (χ3n) is 5.64. The molecule has 1 saturated carbocycles. The van der Waals surface area contributed by atoms with Gasteiger partial charge in [-0.2, -0.15) is 0 Å². The van der Waals surface area contributed by atoms with Crippen molar-refractivity contribution in [3.05, 3.63) is 0 Å². The van der Waals surface area contributed by atoms with Crippen LogP contribution < -0.4 is 5.32 Å². The molecule has 2 aliphatic rings. The highest BCUT2D eigenvalue weighted by molar-refractivity contribution is 4.76. The summed E-state index contributed by atoms with van der Waals surface area (Å²) >= 11 is 0. The predicted molar refractivity (Wildman–Crippen MR) is 92.8 cm³/mol. The average molecular weight is 295 g/mol. The van der Waals surface area contributed by atoms with Crippen LogP contribution in [-0.4, -0.2) is 37.6 Å². The maximum atomic E-state index is 3.57. The lowest BCUT2D eigenvalue weighted by Gasteiger charge is -2.33. The van der Waals surface area contributed by atoms with Gasteiger partial charge in [0.2, 0.25) is 0 Å². The first-order valence-electron chi connectivity index (χ1n) is 9.77. The molecule has 0 aromatic heterocycles. The van der Waals surface area contributed by atoms with Gasteiger partial charge in [-0.1, -0.05) is 57.8 Å². The molecule has 21 heavy (non-hydrogen) atoms. The van der Waals surface area contributed by atoms with Crippen LogP contribution in [0.5, 0.6) is 0 Å². The van der Waals surface area contributed by atoms with E-state index >= 15 is 0 Å². The molecule has 1 saturated heterocycles. The minimum Gasteiger partial charge on any atom is -0.316 e. The average Bonchev–Trinajstić information content (AvgIpc) is 2.49. The Morgan fingerprint density at radius 3 is 1.86 bits per heavy atom. The van der Waals surface area contributed by atoms with Gasteiger partial charge in [0.05, 0.1) is 0 Å². The Morgan fingerprint density at radius 1 is 0.762 bits per heavy atom. The summed E-state index contributed by atoms with van der Waals surface area (Å²) in [5, 5.41) is 3.57. The van der Waals surface area contributed by atoms with Crippen LogP contribution in [0, 0.1) is 5.92 Å². The molecule has 1 N–H and O–H groups in total. The number of rotatable bonds is 3. The summed E-state index contributed by atoms with van der Waals surface area (Å²) < 4.78 is 0. The van der Waals surface area contributed by atoms with Crippen molar-refractivity contribution < 1.29 is 0 Å². The Labute approximate surface area is 133 Å². The van der Waals surface area contributed by atoms with Gasteiger partial charge in [-0.25, -0.2) is 0 Å². The Kier molecular flexibility index (Phi) is 8.73. The van der Waals surface area contributed by atoms with Gasteiger partial charge in [-0.05, 0) is 51.7 Å². The second-order valence-electron chi connectivity index (χ2n) is 7.57. The topological polar surface area (TPSA) is 15.3 Å². The maximum absolute atomic E-state index is 3.57. The monoisotopic (exact) mass is 294 g/mol. The van der Waals surface area contributed by atoms with Gasteiger partial charge in [0.1, 0.15) is 0 Å². The minimum absolute atomic E-state index is 0.853. The van der Waals surface area contributed by atoms with E-state index < -0.39 is 0 Å². The van der Waals surface area contributed by atoms with E-state index in [2.05, 4.69) is 17.3 Å². The quantitative estimate of drug-likeness (QED) is 0.819. The lowest BCUT2D eigenvalue weighted by molar-refractivity contribution is 0.167. The Bertz CT molecular complexity index is 236. The molecule has 1 unspecified atom stereocenters. The van der Waals surface area contributed by atoms with Crippen molar-refractivity contribution >= 4 is 0 Å². The molecule has 0 bridgehead atoms. The molecule has 2 heteroatoms. The number of nitrogens with one attached hydrogen (secondary N) is 1. The molecular formula is C19H38N2. The van der Waals surface area contributed by atoms with Gasteiger partial charge >= 0.3 is 0 Å². The van der Waals surface area contributed by atoms with Crippen LogP contribution in [-0.2, 0) is 0 Å². The summed E-state index contributed by atoms with van der Waals surface area (Å²) in [7, 11) is 2.39. The van der Waals surface area contributed by atoms with E-state index in [4.69, 9.17) is 0 Å². The molecule has 2 rings (SSSR count). The fourth-order valence-corrected chi connectivity index (χ4v) is 4.22.